The van der Waals surface area contributed by atoms with Gasteiger partial charge in [0.25, 0.3) is 11.8 Å². The molecule has 1 aliphatic heterocycles. The second-order valence-corrected chi connectivity index (χ2v) is 7.65. The Balaban J connectivity index is 1.68. The van der Waals surface area contributed by atoms with Gasteiger partial charge in [0.2, 0.25) is 0 Å². The standard InChI is InChI=1S/C26H25FN4O2/c1-3-30(4-2)22-11-9-21(10-12-22)29-24-23(19-5-7-20(27)8-6-19)25(32)31(26(24)33)17-18-13-15-28-16-14-18/h5-16,29H,3-4,17H2,1-2H3. The van der Waals surface area contributed by atoms with Crippen LogP contribution in [0, 0.1) is 5.82 Å². The van der Waals surface area contributed by atoms with Crippen LogP contribution in [0.5, 0.6) is 0 Å². The third-order valence-corrected chi connectivity index (χ3v) is 5.66. The fraction of sp³-hybridized carbons (Fsp3) is 0.192. The number of carbonyl (C=O) groups excluding carboxylic acids is 2. The molecule has 0 atom stereocenters. The van der Waals surface area contributed by atoms with Crippen LogP contribution in [0.1, 0.15) is 25.0 Å². The Morgan fingerprint density at radius 1 is 0.879 bits per heavy atom. The molecule has 6 nitrogen and oxygen atoms in total. The predicted molar refractivity (Wildman–Crippen MR) is 127 cm³/mol. The number of halogens is 1. The first-order valence-electron chi connectivity index (χ1n) is 10.9. The lowest BCUT2D eigenvalue weighted by molar-refractivity contribution is -0.137. The highest BCUT2D eigenvalue weighted by molar-refractivity contribution is 6.36. The molecule has 3 aromatic rings. The summed E-state index contributed by atoms with van der Waals surface area (Å²) in [4.78, 5) is 34.0. The van der Waals surface area contributed by atoms with Crippen LogP contribution >= 0.6 is 0 Å². The molecular formula is C26H25FN4O2. The zero-order valence-electron chi connectivity index (χ0n) is 18.6. The van der Waals surface area contributed by atoms with Crippen molar-refractivity contribution in [1.82, 2.24) is 9.88 Å². The topological polar surface area (TPSA) is 65.5 Å². The zero-order chi connectivity index (χ0) is 23.4. The molecule has 0 unspecified atom stereocenters. The molecule has 0 saturated carbocycles. The second kappa shape index (κ2) is 9.65. The molecular weight excluding hydrogens is 419 g/mol. The van der Waals surface area contributed by atoms with Gasteiger partial charge in [-0.25, -0.2) is 4.39 Å². The first-order chi connectivity index (χ1) is 16.0. The van der Waals surface area contributed by atoms with Crippen LogP contribution in [0.4, 0.5) is 15.8 Å². The Hall–Kier alpha value is -4.00. The van der Waals surface area contributed by atoms with Crippen LogP contribution in [-0.2, 0) is 16.1 Å². The molecule has 1 aromatic heterocycles. The fourth-order valence-electron chi connectivity index (χ4n) is 3.88. The lowest BCUT2D eigenvalue weighted by Gasteiger charge is -2.21. The van der Waals surface area contributed by atoms with Crippen LogP contribution in [0.15, 0.2) is 78.8 Å². The third-order valence-electron chi connectivity index (χ3n) is 5.66. The maximum atomic E-state index is 13.5. The minimum atomic E-state index is -0.427. The number of benzene rings is 2. The van der Waals surface area contributed by atoms with Crippen molar-refractivity contribution >= 4 is 28.8 Å². The largest absolute Gasteiger partial charge is 0.372 e. The van der Waals surface area contributed by atoms with E-state index in [4.69, 9.17) is 0 Å². The number of hydrogen-bond acceptors (Lipinski definition) is 5. The van der Waals surface area contributed by atoms with Gasteiger partial charge >= 0.3 is 0 Å². The summed E-state index contributed by atoms with van der Waals surface area (Å²) in [5.74, 6) is -1.26. The van der Waals surface area contributed by atoms with Crippen molar-refractivity contribution in [1.29, 1.82) is 0 Å². The number of hydrogen-bond donors (Lipinski definition) is 1. The van der Waals surface area contributed by atoms with E-state index < -0.39 is 17.6 Å². The molecule has 2 heterocycles. The monoisotopic (exact) mass is 444 g/mol. The molecule has 0 radical (unpaired) electrons. The summed E-state index contributed by atoms with van der Waals surface area (Å²) >= 11 is 0. The minimum Gasteiger partial charge on any atom is -0.372 e. The molecule has 1 aliphatic rings. The maximum absolute atomic E-state index is 13.5. The van der Waals surface area contributed by atoms with Gasteiger partial charge in [0.1, 0.15) is 11.5 Å². The highest BCUT2D eigenvalue weighted by atomic mass is 19.1. The van der Waals surface area contributed by atoms with Crippen molar-refractivity contribution in [2.24, 2.45) is 0 Å². The number of aromatic nitrogens is 1. The van der Waals surface area contributed by atoms with E-state index in [0.29, 0.717) is 11.3 Å². The van der Waals surface area contributed by atoms with E-state index in [0.717, 1.165) is 24.3 Å². The first kappa shape index (κ1) is 22.2. The van der Waals surface area contributed by atoms with E-state index in [1.165, 1.54) is 29.2 Å². The molecule has 4 rings (SSSR count). The third kappa shape index (κ3) is 4.62. The van der Waals surface area contributed by atoms with E-state index in [9.17, 15) is 14.0 Å². The number of imide groups is 1. The highest BCUT2D eigenvalue weighted by Gasteiger charge is 2.39. The molecule has 7 heteroatoms. The normalized spacial score (nSPS) is 13.6. The summed E-state index contributed by atoms with van der Waals surface area (Å²) in [5.41, 5.74) is 3.43. The van der Waals surface area contributed by atoms with Gasteiger partial charge in [-0.3, -0.25) is 19.5 Å². The summed E-state index contributed by atoms with van der Waals surface area (Å²) in [7, 11) is 0. The quantitative estimate of drug-likeness (QED) is 0.520. The number of pyridine rings is 1. The Morgan fingerprint density at radius 2 is 1.52 bits per heavy atom. The summed E-state index contributed by atoms with van der Waals surface area (Å²) < 4.78 is 13.5. The summed E-state index contributed by atoms with van der Waals surface area (Å²) in [6.45, 7) is 6.09. The zero-order valence-corrected chi connectivity index (χ0v) is 18.6. The Bertz CT molecular complexity index is 1170. The second-order valence-electron chi connectivity index (χ2n) is 7.65. The Labute approximate surface area is 192 Å². The number of carbonyl (C=O) groups is 2. The molecule has 2 amide bonds. The maximum Gasteiger partial charge on any atom is 0.278 e. The smallest absolute Gasteiger partial charge is 0.278 e. The van der Waals surface area contributed by atoms with Crippen LogP contribution in [0.3, 0.4) is 0 Å². The summed E-state index contributed by atoms with van der Waals surface area (Å²) in [5, 5.41) is 3.15. The minimum absolute atomic E-state index is 0.122. The van der Waals surface area contributed by atoms with Crippen molar-refractivity contribution in [3.8, 4) is 0 Å². The number of rotatable bonds is 8. The van der Waals surface area contributed by atoms with Gasteiger partial charge < -0.3 is 10.2 Å². The van der Waals surface area contributed by atoms with Crippen LogP contribution in [-0.4, -0.2) is 34.8 Å². The van der Waals surface area contributed by atoms with E-state index >= 15 is 0 Å². The van der Waals surface area contributed by atoms with Crippen molar-refractivity contribution in [3.05, 3.63) is 95.7 Å². The van der Waals surface area contributed by atoms with Gasteiger partial charge in [0.15, 0.2) is 0 Å². The van der Waals surface area contributed by atoms with Gasteiger partial charge in [0, 0.05) is 36.9 Å². The molecule has 0 aliphatic carbocycles. The molecule has 168 valence electrons. The van der Waals surface area contributed by atoms with E-state index in [-0.39, 0.29) is 17.8 Å². The van der Waals surface area contributed by atoms with Crippen LogP contribution < -0.4 is 10.2 Å². The fourth-order valence-corrected chi connectivity index (χ4v) is 3.88. The number of amides is 2. The summed E-state index contributed by atoms with van der Waals surface area (Å²) in [6.07, 6.45) is 3.23. The van der Waals surface area contributed by atoms with Crippen LogP contribution in [0.2, 0.25) is 0 Å². The summed E-state index contributed by atoms with van der Waals surface area (Å²) in [6, 6.07) is 16.8. The molecule has 0 spiro atoms. The highest BCUT2D eigenvalue weighted by Crippen LogP contribution is 2.32. The molecule has 2 aromatic carbocycles. The lowest BCUT2D eigenvalue weighted by atomic mass is 10.0. The number of nitrogens with zero attached hydrogens (tertiary/aromatic N) is 3. The van der Waals surface area contributed by atoms with Gasteiger partial charge in [-0.1, -0.05) is 12.1 Å². The van der Waals surface area contributed by atoms with Crippen molar-refractivity contribution < 1.29 is 14.0 Å². The molecule has 0 bridgehead atoms. The van der Waals surface area contributed by atoms with Crippen LogP contribution in [0.25, 0.3) is 5.57 Å². The molecule has 1 N–H and O–H groups in total. The average molecular weight is 445 g/mol. The molecule has 0 fully saturated rings. The molecule has 33 heavy (non-hydrogen) atoms. The number of anilines is 2. The van der Waals surface area contributed by atoms with Crippen molar-refractivity contribution in [2.75, 3.05) is 23.3 Å². The average Bonchev–Trinajstić information content (AvgIpc) is 3.06. The Morgan fingerprint density at radius 3 is 2.12 bits per heavy atom. The van der Waals surface area contributed by atoms with Gasteiger partial charge in [-0.2, -0.15) is 0 Å². The number of nitrogens with one attached hydrogen (secondary N) is 1. The first-order valence-corrected chi connectivity index (χ1v) is 10.9. The van der Waals surface area contributed by atoms with Crippen molar-refractivity contribution in [3.63, 3.8) is 0 Å². The van der Waals surface area contributed by atoms with E-state index in [2.05, 4.69) is 29.0 Å². The van der Waals surface area contributed by atoms with Gasteiger partial charge in [-0.15, -0.1) is 0 Å². The van der Waals surface area contributed by atoms with Gasteiger partial charge in [-0.05, 0) is 73.5 Å². The van der Waals surface area contributed by atoms with Crippen molar-refractivity contribution in [2.45, 2.75) is 20.4 Å². The van der Waals surface area contributed by atoms with Gasteiger partial charge in [0.05, 0.1) is 12.1 Å². The molecule has 0 saturated heterocycles. The predicted octanol–water partition coefficient (Wildman–Crippen LogP) is 4.46. The van der Waals surface area contributed by atoms with E-state index in [1.54, 1.807) is 24.5 Å². The van der Waals surface area contributed by atoms with E-state index in [1.807, 2.05) is 24.3 Å². The lowest BCUT2D eigenvalue weighted by Crippen LogP contribution is -2.32. The SMILES string of the molecule is CCN(CC)c1ccc(NC2=C(c3ccc(F)cc3)C(=O)N(Cc3ccncc3)C2=O)cc1. The Kier molecular flexibility index (Phi) is 6.49.